The van der Waals surface area contributed by atoms with Crippen LogP contribution in [0.2, 0.25) is 0 Å². The van der Waals surface area contributed by atoms with Crippen molar-refractivity contribution in [2.24, 2.45) is 5.92 Å². The fourth-order valence-electron chi connectivity index (χ4n) is 2.48. The van der Waals surface area contributed by atoms with Crippen LogP contribution >= 0.6 is 23.2 Å². The lowest BCUT2D eigenvalue weighted by Gasteiger charge is -2.30. The highest BCUT2D eigenvalue weighted by Crippen LogP contribution is 2.32. The van der Waals surface area contributed by atoms with Crippen molar-refractivity contribution in [3.05, 3.63) is 64.3 Å². The zero-order chi connectivity index (χ0) is 17.4. The number of benzene rings is 1. The average Bonchev–Trinajstić information content (AvgIpc) is 2.53. The molecule has 126 valence electrons. The number of anilines is 1. The van der Waals surface area contributed by atoms with Gasteiger partial charge >= 0.3 is 0 Å². The number of nitrogens with zero attached hydrogens (tertiary/aromatic N) is 1. The van der Waals surface area contributed by atoms with E-state index in [1.54, 1.807) is 6.08 Å². The number of hydrogen-bond donors (Lipinski definition) is 0. The molecule has 0 unspecified atom stereocenters. The summed E-state index contributed by atoms with van der Waals surface area (Å²) in [5.41, 5.74) is 3.15. The number of allylic oxidation sites excluding steroid dienone is 4. The highest BCUT2D eigenvalue weighted by atomic mass is 35.5. The highest BCUT2D eigenvalue weighted by Gasteiger charge is 2.19. The van der Waals surface area contributed by atoms with Crippen LogP contribution in [0.15, 0.2) is 58.8 Å². The molecule has 23 heavy (non-hydrogen) atoms. The highest BCUT2D eigenvalue weighted by molar-refractivity contribution is 6.36. The molecule has 0 saturated carbocycles. The van der Waals surface area contributed by atoms with E-state index < -0.39 is 0 Å². The van der Waals surface area contributed by atoms with Crippen LogP contribution in [-0.4, -0.2) is 6.54 Å². The maximum Gasteiger partial charge on any atom is 0.0785 e. The van der Waals surface area contributed by atoms with E-state index in [9.17, 15) is 0 Å². The van der Waals surface area contributed by atoms with Crippen LogP contribution in [0.5, 0.6) is 0 Å². The first-order chi connectivity index (χ1) is 10.9. The number of halogens is 2. The molecule has 0 amide bonds. The molecule has 0 heterocycles. The Balaban J connectivity index is 3.32. The van der Waals surface area contributed by atoms with E-state index in [4.69, 9.17) is 23.2 Å². The van der Waals surface area contributed by atoms with Gasteiger partial charge in [0.1, 0.15) is 0 Å². The van der Waals surface area contributed by atoms with Crippen molar-refractivity contribution in [3.8, 4) is 0 Å². The quantitative estimate of drug-likeness (QED) is 0.455. The maximum absolute atomic E-state index is 6.47. The Labute approximate surface area is 151 Å². The second-order valence-electron chi connectivity index (χ2n) is 6.01. The van der Waals surface area contributed by atoms with Gasteiger partial charge in [-0.25, -0.2) is 0 Å². The van der Waals surface area contributed by atoms with E-state index in [0.717, 1.165) is 30.8 Å². The molecule has 0 saturated heterocycles. The first kappa shape index (κ1) is 19.9. The fourth-order valence-corrected chi connectivity index (χ4v) is 2.94. The molecular formula is C20H27Cl2N. The number of para-hydroxylation sites is 1. The summed E-state index contributed by atoms with van der Waals surface area (Å²) < 4.78 is 0. The fraction of sp³-hybridized carbons (Fsp3) is 0.400. The lowest BCUT2D eigenvalue weighted by Crippen LogP contribution is -2.26. The van der Waals surface area contributed by atoms with Gasteiger partial charge in [-0.2, -0.15) is 0 Å². The Hall–Kier alpha value is -1.18. The van der Waals surface area contributed by atoms with Crippen LogP contribution in [0.4, 0.5) is 5.69 Å². The van der Waals surface area contributed by atoms with Gasteiger partial charge in [0, 0.05) is 12.2 Å². The zero-order valence-corrected chi connectivity index (χ0v) is 16.1. The number of hydrogen-bond acceptors (Lipinski definition) is 1. The van der Waals surface area contributed by atoms with E-state index in [2.05, 4.69) is 44.4 Å². The number of rotatable bonds is 8. The second kappa shape index (κ2) is 9.85. The molecule has 1 aromatic rings. The van der Waals surface area contributed by atoms with Crippen LogP contribution in [0, 0.1) is 12.8 Å². The Morgan fingerprint density at radius 3 is 2.43 bits per heavy atom. The van der Waals surface area contributed by atoms with Gasteiger partial charge in [0.15, 0.2) is 0 Å². The molecule has 1 nitrogen and oxygen atoms in total. The molecule has 0 atom stereocenters. The van der Waals surface area contributed by atoms with E-state index in [1.165, 1.54) is 5.56 Å². The summed E-state index contributed by atoms with van der Waals surface area (Å²) in [6.07, 6.45) is 5.76. The largest absolute Gasteiger partial charge is 0.339 e. The third-order valence-electron chi connectivity index (χ3n) is 3.72. The minimum atomic E-state index is 0.570. The van der Waals surface area contributed by atoms with E-state index in [0.29, 0.717) is 16.0 Å². The summed E-state index contributed by atoms with van der Waals surface area (Å²) >= 11 is 12.9. The monoisotopic (exact) mass is 351 g/mol. The average molecular weight is 352 g/mol. The Kier molecular flexibility index (Phi) is 8.51. The van der Waals surface area contributed by atoms with Gasteiger partial charge in [0.2, 0.25) is 0 Å². The van der Waals surface area contributed by atoms with Crippen LogP contribution in [0.3, 0.4) is 0 Å². The zero-order valence-electron chi connectivity index (χ0n) is 14.6. The van der Waals surface area contributed by atoms with Crippen LogP contribution in [-0.2, 0) is 0 Å². The second-order valence-corrected chi connectivity index (χ2v) is 6.83. The summed E-state index contributed by atoms with van der Waals surface area (Å²) in [6.45, 7) is 13.2. The van der Waals surface area contributed by atoms with Crippen LogP contribution in [0.25, 0.3) is 0 Å². The van der Waals surface area contributed by atoms with E-state index in [1.807, 2.05) is 25.1 Å². The van der Waals surface area contributed by atoms with E-state index in [-0.39, 0.29) is 0 Å². The molecule has 0 aliphatic carbocycles. The summed E-state index contributed by atoms with van der Waals surface area (Å²) in [5, 5.41) is 1.21. The molecule has 0 N–H and O–H groups in total. The van der Waals surface area contributed by atoms with Crippen molar-refractivity contribution in [3.63, 3.8) is 0 Å². The van der Waals surface area contributed by atoms with Gasteiger partial charge in [-0.05, 0) is 50.3 Å². The smallest absolute Gasteiger partial charge is 0.0785 e. The summed E-state index contributed by atoms with van der Waals surface area (Å²) in [4.78, 5) is 2.21. The molecule has 0 fully saturated rings. The Morgan fingerprint density at radius 2 is 1.91 bits per heavy atom. The Bertz CT molecular complexity index is 585. The lowest BCUT2D eigenvalue weighted by molar-refractivity contribution is 0.556. The van der Waals surface area contributed by atoms with Gasteiger partial charge < -0.3 is 4.90 Å². The first-order valence-electron chi connectivity index (χ1n) is 8.09. The third kappa shape index (κ3) is 5.75. The standard InChI is InChI=1S/C20H27Cl2N/c1-6-17(21)20(18(22)7-2)23(14-10-11-15(3)4)19-13-9-8-12-16(19)5/h6-9,12-13,15H,1,10-11,14H2,2-5H3/b18-7+,20-17-. The van der Waals surface area contributed by atoms with Gasteiger partial charge in [0.25, 0.3) is 0 Å². The summed E-state index contributed by atoms with van der Waals surface area (Å²) in [7, 11) is 0. The topological polar surface area (TPSA) is 3.24 Å². The summed E-state index contributed by atoms with van der Waals surface area (Å²) in [5.74, 6) is 0.674. The molecule has 0 aliphatic rings. The van der Waals surface area contributed by atoms with Crippen LogP contribution in [0.1, 0.15) is 39.2 Å². The minimum absolute atomic E-state index is 0.570. The Morgan fingerprint density at radius 1 is 1.26 bits per heavy atom. The molecule has 0 aliphatic heterocycles. The SMILES string of the molecule is C=C/C(Cl)=C(\C(Cl)=C/C)N(CCCC(C)C)c1ccccc1C. The normalized spacial score (nSPS) is 13.1. The molecular weight excluding hydrogens is 325 g/mol. The predicted octanol–water partition coefficient (Wildman–Crippen LogP) is 7.02. The predicted molar refractivity (Wildman–Crippen MR) is 105 cm³/mol. The minimum Gasteiger partial charge on any atom is -0.339 e. The van der Waals surface area contributed by atoms with Crippen LogP contribution < -0.4 is 4.90 Å². The van der Waals surface area contributed by atoms with Gasteiger partial charge in [-0.1, -0.05) is 67.9 Å². The van der Waals surface area contributed by atoms with Crippen molar-refractivity contribution < 1.29 is 0 Å². The van der Waals surface area contributed by atoms with Crippen molar-refractivity contribution in [2.45, 2.75) is 40.5 Å². The van der Waals surface area contributed by atoms with Crippen molar-refractivity contribution in [1.82, 2.24) is 0 Å². The van der Waals surface area contributed by atoms with Gasteiger partial charge in [-0.15, -0.1) is 0 Å². The lowest BCUT2D eigenvalue weighted by atomic mass is 10.1. The molecule has 3 heteroatoms. The van der Waals surface area contributed by atoms with Crippen molar-refractivity contribution in [2.75, 3.05) is 11.4 Å². The molecule has 0 spiro atoms. The van der Waals surface area contributed by atoms with Gasteiger partial charge in [-0.3, -0.25) is 0 Å². The molecule has 1 rings (SSSR count). The number of aryl methyl sites for hydroxylation is 1. The van der Waals surface area contributed by atoms with Crippen molar-refractivity contribution >= 4 is 28.9 Å². The molecule has 0 aromatic heterocycles. The third-order valence-corrected chi connectivity index (χ3v) is 4.46. The van der Waals surface area contributed by atoms with Crippen molar-refractivity contribution in [1.29, 1.82) is 0 Å². The van der Waals surface area contributed by atoms with E-state index >= 15 is 0 Å². The molecule has 0 radical (unpaired) electrons. The molecule has 0 bridgehead atoms. The van der Waals surface area contributed by atoms with Gasteiger partial charge in [0.05, 0.1) is 15.8 Å². The first-order valence-corrected chi connectivity index (χ1v) is 8.85. The maximum atomic E-state index is 6.47. The molecule has 1 aromatic carbocycles. The summed E-state index contributed by atoms with van der Waals surface area (Å²) in [6, 6.07) is 8.30.